The minimum absolute atomic E-state index is 0.00927. The number of para-hydroxylation sites is 1. The van der Waals surface area contributed by atoms with Crippen molar-refractivity contribution in [3.63, 3.8) is 0 Å². The molecule has 1 aromatic heterocycles. The molecule has 1 aliphatic heterocycles. The number of hydrogen-bond donors (Lipinski definition) is 0. The van der Waals surface area contributed by atoms with Crippen LogP contribution < -0.4 is 0 Å². The molecule has 0 spiro atoms. The average molecular weight is 312 g/mol. The zero-order valence-corrected chi connectivity index (χ0v) is 13.4. The van der Waals surface area contributed by atoms with Crippen molar-refractivity contribution < 1.29 is 14.3 Å². The SMILES string of the molecule is COC(=O)C1CCN(C(=O)c2cc(C)nc3ccccc23)CC1. The van der Waals surface area contributed by atoms with Gasteiger partial charge >= 0.3 is 5.97 Å². The number of aromatic nitrogens is 1. The first-order valence-corrected chi connectivity index (χ1v) is 7.83. The van der Waals surface area contributed by atoms with Crippen LogP contribution in [0.5, 0.6) is 0 Å². The Balaban J connectivity index is 1.83. The molecule has 0 saturated carbocycles. The third kappa shape index (κ3) is 3.04. The Labute approximate surface area is 135 Å². The number of methoxy groups -OCH3 is 1. The number of piperidine rings is 1. The summed E-state index contributed by atoms with van der Waals surface area (Å²) in [6.07, 6.45) is 1.31. The van der Waals surface area contributed by atoms with Crippen LogP contribution >= 0.6 is 0 Å². The summed E-state index contributed by atoms with van der Waals surface area (Å²) in [4.78, 5) is 30.8. The monoisotopic (exact) mass is 312 g/mol. The Hall–Kier alpha value is -2.43. The highest BCUT2D eigenvalue weighted by Gasteiger charge is 2.29. The molecule has 5 heteroatoms. The van der Waals surface area contributed by atoms with Crippen molar-refractivity contribution in [3.8, 4) is 0 Å². The maximum absolute atomic E-state index is 12.9. The molecule has 0 radical (unpaired) electrons. The zero-order valence-electron chi connectivity index (χ0n) is 13.4. The molecule has 120 valence electrons. The van der Waals surface area contributed by atoms with E-state index >= 15 is 0 Å². The molecule has 1 fully saturated rings. The predicted molar refractivity (Wildman–Crippen MR) is 87.1 cm³/mol. The normalized spacial score (nSPS) is 15.7. The topological polar surface area (TPSA) is 59.5 Å². The van der Waals surface area contributed by atoms with Crippen LogP contribution in [-0.2, 0) is 9.53 Å². The number of hydrogen-bond acceptors (Lipinski definition) is 4. The summed E-state index contributed by atoms with van der Waals surface area (Å²) < 4.78 is 4.79. The summed E-state index contributed by atoms with van der Waals surface area (Å²) in [5, 5.41) is 0.873. The lowest BCUT2D eigenvalue weighted by atomic mass is 9.96. The molecule has 1 amide bonds. The Morgan fingerprint density at radius 2 is 1.91 bits per heavy atom. The van der Waals surface area contributed by atoms with Crippen molar-refractivity contribution in [2.75, 3.05) is 20.2 Å². The third-order valence-electron chi connectivity index (χ3n) is 4.39. The van der Waals surface area contributed by atoms with Gasteiger partial charge in [0.25, 0.3) is 5.91 Å². The summed E-state index contributed by atoms with van der Waals surface area (Å²) >= 11 is 0. The first-order valence-electron chi connectivity index (χ1n) is 7.83. The van der Waals surface area contributed by atoms with E-state index in [2.05, 4.69) is 4.98 Å². The summed E-state index contributed by atoms with van der Waals surface area (Å²) in [7, 11) is 1.41. The van der Waals surface area contributed by atoms with Gasteiger partial charge in [0, 0.05) is 24.2 Å². The van der Waals surface area contributed by atoms with Gasteiger partial charge in [0.05, 0.1) is 24.1 Å². The van der Waals surface area contributed by atoms with E-state index in [0.717, 1.165) is 16.6 Å². The minimum Gasteiger partial charge on any atom is -0.469 e. The molecule has 0 unspecified atom stereocenters. The number of benzene rings is 1. The number of pyridine rings is 1. The summed E-state index contributed by atoms with van der Waals surface area (Å²) in [6.45, 7) is 3.05. The van der Waals surface area contributed by atoms with E-state index in [-0.39, 0.29) is 17.8 Å². The molecule has 0 bridgehead atoms. The number of aryl methyl sites for hydroxylation is 1. The maximum atomic E-state index is 12.9. The van der Waals surface area contributed by atoms with Crippen molar-refractivity contribution in [3.05, 3.63) is 41.6 Å². The molecule has 3 rings (SSSR count). The van der Waals surface area contributed by atoms with Crippen LogP contribution in [0, 0.1) is 12.8 Å². The van der Waals surface area contributed by atoms with E-state index in [1.807, 2.05) is 42.2 Å². The minimum atomic E-state index is -0.178. The molecule has 0 aliphatic carbocycles. The molecular formula is C18H20N2O3. The van der Waals surface area contributed by atoms with Gasteiger partial charge in [-0.1, -0.05) is 18.2 Å². The standard InChI is InChI=1S/C18H20N2O3/c1-12-11-15(14-5-3-4-6-16(14)19-12)17(21)20-9-7-13(8-10-20)18(22)23-2/h3-6,11,13H,7-10H2,1-2H3. The van der Waals surface area contributed by atoms with Crippen LogP contribution in [0.4, 0.5) is 0 Å². The van der Waals surface area contributed by atoms with Gasteiger partial charge in [-0.05, 0) is 31.9 Å². The predicted octanol–water partition coefficient (Wildman–Crippen LogP) is 2.57. The van der Waals surface area contributed by atoms with Crippen LogP contribution in [0.2, 0.25) is 0 Å². The number of rotatable bonds is 2. The Morgan fingerprint density at radius 3 is 2.61 bits per heavy atom. The highest BCUT2D eigenvalue weighted by Crippen LogP contribution is 2.24. The van der Waals surface area contributed by atoms with Gasteiger partial charge in [-0.25, -0.2) is 0 Å². The summed E-state index contributed by atoms with van der Waals surface area (Å²) in [5.41, 5.74) is 2.35. The highest BCUT2D eigenvalue weighted by atomic mass is 16.5. The number of carbonyl (C=O) groups is 2. The lowest BCUT2D eigenvalue weighted by Crippen LogP contribution is -2.40. The lowest BCUT2D eigenvalue weighted by molar-refractivity contribution is -0.146. The maximum Gasteiger partial charge on any atom is 0.308 e. The Bertz CT molecular complexity index is 749. The van der Waals surface area contributed by atoms with Crippen LogP contribution in [0.15, 0.2) is 30.3 Å². The number of carbonyl (C=O) groups excluding carboxylic acids is 2. The molecule has 1 saturated heterocycles. The van der Waals surface area contributed by atoms with Gasteiger partial charge in [-0.15, -0.1) is 0 Å². The van der Waals surface area contributed by atoms with E-state index in [9.17, 15) is 9.59 Å². The largest absolute Gasteiger partial charge is 0.469 e. The van der Waals surface area contributed by atoms with Crippen molar-refractivity contribution >= 4 is 22.8 Å². The van der Waals surface area contributed by atoms with Crippen molar-refractivity contribution in [2.24, 2.45) is 5.92 Å². The second-order valence-electron chi connectivity index (χ2n) is 5.92. The first kappa shape index (κ1) is 15.5. The number of likely N-dealkylation sites (tertiary alicyclic amines) is 1. The van der Waals surface area contributed by atoms with E-state index in [0.29, 0.717) is 31.5 Å². The second kappa shape index (κ2) is 6.36. The number of nitrogens with zero attached hydrogens (tertiary/aromatic N) is 2. The highest BCUT2D eigenvalue weighted by molar-refractivity contribution is 6.06. The summed E-state index contributed by atoms with van der Waals surface area (Å²) in [5.74, 6) is -0.266. The molecule has 1 aliphatic rings. The Morgan fingerprint density at radius 1 is 1.22 bits per heavy atom. The number of fused-ring (bicyclic) bond motifs is 1. The Kier molecular flexibility index (Phi) is 4.28. The van der Waals surface area contributed by atoms with Crippen LogP contribution in [0.3, 0.4) is 0 Å². The fraction of sp³-hybridized carbons (Fsp3) is 0.389. The molecule has 1 aromatic carbocycles. The van der Waals surface area contributed by atoms with Crippen molar-refractivity contribution in [2.45, 2.75) is 19.8 Å². The molecule has 0 atom stereocenters. The fourth-order valence-corrected chi connectivity index (χ4v) is 3.14. The van der Waals surface area contributed by atoms with Gasteiger partial charge in [0.1, 0.15) is 0 Å². The quantitative estimate of drug-likeness (QED) is 0.800. The van der Waals surface area contributed by atoms with Crippen LogP contribution in [-0.4, -0.2) is 42.0 Å². The van der Waals surface area contributed by atoms with E-state index in [1.165, 1.54) is 7.11 Å². The molecule has 2 heterocycles. The molecule has 0 N–H and O–H groups in total. The van der Waals surface area contributed by atoms with Crippen LogP contribution in [0.1, 0.15) is 28.9 Å². The zero-order chi connectivity index (χ0) is 16.4. The smallest absolute Gasteiger partial charge is 0.308 e. The van der Waals surface area contributed by atoms with E-state index in [4.69, 9.17) is 4.74 Å². The first-order chi connectivity index (χ1) is 11.1. The average Bonchev–Trinajstić information content (AvgIpc) is 2.59. The summed E-state index contributed by atoms with van der Waals surface area (Å²) in [6, 6.07) is 9.53. The van der Waals surface area contributed by atoms with Crippen molar-refractivity contribution in [1.29, 1.82) is 0 Å². The van der Waals surface area contributed by atoms with Crippen molar-refractivity contribution in [1.82, 2.24) is 9.88 Å². The molecule has 5 nitrogen and oxygen atoms in total. The van der Waals surface area contributed by atoms with Gasteiger partial charge in [0.15, 0.2) is 0 Å². The van der Waals surface area contributed by atoms with E-state index in [1.54, 1.807) is 0 Å². The van der Waals surface area contributed by atoms with Gasteiger partial charge < -0.3 is 9.64 Å². The number of ether oxygens (including phenoxy) is 1. The molecule has 23 heavy (non-hydrogen) atoms. The second-order valence-corrected chi connectivity index (χ2v) is 5.92. The number of esters is 1. The van der Waals surface area contributed by atoms with Gasteiger partial charge in [0.2, 0.25) is 0 Å². The number of amides is 1. The van der Waals surface area contributed by atoms with Gasteiger partial charge in [-0.3, -0.25) is 14.6 Å². The molecular weight excluding hydrogens is 292 g/mol. The van der Waals surface area contributed by atoms with Gasteiger partial charge in [-0.2, -0.15) is 0 Å². The lowest BCUT2D eigenvalue weighted by Gasteiger charge is -2.31. The van der Waals surface area contributed by atoms with Crippen LogP contribution in [0.25, 0.3) is 10.9 Å². The fourth-order valence-electron chi connectivity index (χ4n) is 3.14. The third-order valence-corrected chi connectivity index (χ3v) is 4.39. The molecule has 2 aromatic rings. The van der Waals surface area contributed by atoms with E-state index < -0.39 is 0 Å².